The second-order valence-electron chi connectivity index (χ2n) is 9.65. The monoisotopic (exact) mass is 466 g/mol. The molecule has 7 heteroatoms. The van der Waals surface area contributed by atoms with E-state index in [0.717, 1.165) is 67.5 Å². The van der Waals surface area contributed by atoms with E-state index in [9.17, 15) is 0 Å². The van der Waals surface area contributed by atoms with E-state index in [2.05, 4.69) is 67.0 Å². The van der Waals surface area contributed by atoms with E-state index in [0.29, 0.717) is 12.1 Å². The summed E-state index contributed by atoms with van der Waals surface area (Å²) in [7, 11) is 4.16. The molecule has 0 spiro atoms. The summed E-state index contributed by atoms with van der Waals surface area (Å²) < 4.78 is 0. The number of nitrogens with zero attached hydrogens (tertiary/aromatic N) is 3. The molecule has 2 aliphatic rings. The average molecular weight is 467 g/mol. The van der Waals surface area contributed by atoms with Crippen LogP contribution in [0.4, 0.5) is 17.5 Å². The third-order valence-corrected chi connectivity index (χ3v) is 7.18. The number of nitrogens with one attached hydrogen (secondary N) is 3. The molecule has 1 fully saturated rings. The van der Waals surface area contributed by atoms with E-state index in [1.165, 1.54) is 35.2 Å². The van der Waals surface area contributed by atoms with E-state index >= 15 is 0 Å². The number of thiocarbonyl (C=S) groups is 1. The molecule has 0 unspecified atom stereocenters. The molecule has 2 aromatic rings. The van der Waals surface area contributed by atoms with Gasteiger partial charge in [-0.3, -0.25) is 0 Å². The van der Waals surface area contributed by atoms with Gasteiger partial charge in [-0.05, 0) is 88.1 Å². The van der Waals surface area contributed by atoms with Gasteiger partial charge in [0.25, 0.3) is 0 Å². The lowest BCUT2D eigenvalue weighted by atomic mass is 9.91. The smallest absolute Gasteiger partial charge is 0.225 e. The van der Waals surface area contributed by atoms with Crippen molar-refractivity contribution in [2.24, 2.45) is 0 Å². The van der Waals surface area contributed by atoms with Gasteiger partial charge < -0.3 is 20.9 Å². The van der Waals surface area contributed by atoms with Crippen molar-refractivity contribution >= 4 is 34.8 Å². The zero-order valence-corrected chi connectivity index (χ0v) is 21.3. The third-order valence-electron chi connectivity index (χ3n) is 6.96. The van der Waals surface area contributed by atoms with Crippen LogP contribution in [0, 0.1) is 6.92 Å². The zero-order chi connectivity index (χ0) is 23.4. The molecule has 0 aliphatic heterocycles. The first-order valence-corrected chi connectivity index (χ1v) is 12.8. The summed E-state index contributed by atoms with van der Waals surface area (Å²) in [6.45, 7) is 4.31. The molecule has 0 bridgehead atoms. The topological polar surface area (TPSA) is 65.1 Å². The van der Waals surface area contributed by atoms with E-state index < -0.39 is 0 Å². The molecule has 2 aliphatic carbocycles. The predicted molar refractivity (Wildman–Crippen MR) is 143 cm³/mol. The predicted octanol–water partition coefficient (Wildman–Crippen LogP) is 5.00. The van der Waals surface area contributed by atoms with Crippen molar-refractivity contribution in [3.8, 4) is 0 Å². The lowest BCUT2D eigenvalue weighted by molar-refractivity contribution is 0.387. The Hall–Kier alpha value is -2.41. The summed E-state index contributed by atoms with van der Waals surface area (Å²) in [4.78, 5) is 11.9. The van der Waals surface area contributed by atoms with Crippen molar-refractivity contribution in [3.05, 3.63) is 40.6 Å². The van der Waals surface area contributed by atoms with Crippen LogP contribution in [-0.2, 0) is 19.3 Å². The van der Waals surface area contributed by atoms with E-state index in [-0.39, 0.29) is 0 Å². The molecule has 1 aromatic heterocycles. The second-order valence-corrected chi connectivity index (χ2v) is 10.1. The van der Waals surface area contributed by atoms with Gasteiger partial charge in [-0.25, -0.2) is 4.98 Å². The van der Waals surface area contributed by atoms with Crippen LogP contribution in [0.25, 0.3) is 0 Å². The van der Waals surface area contributed by atoms with Crippen LogP contribution < -0.4 is 20.9 Å². The van der Waals surface area contributed by atoms with Crippen LogP contribution >= 0.6 is 12.2 Å². The Morgan fingerprint density at radius 3 is 2.52 bits per heavy atom. The van der Waals surface area contributed by atoms with Crippen molar-refractivity contribution in [3.63, 3.8) is 0 Å². The summed E-state index contributed by atoms with van der Waals surface area (Å²) in [5.41, 5.74) is 6.25. The van der Waals surface area contributed by atoms with Crippen molar-refractivity contribution in [2.75, 3.05) is 29.6 Å². The van der Waals surface area contributed by atoms with Gasteiger partial charge in [0.2, 0.25) is 5.95 Å². The fraction of sp³-hybridized carbons (Fsp3) is 0.577. The van der Waals surface area contributed by atoms with Crippen LogP contribution in [0.5, 0.6) is 0 Å². The van der Waals surface area contributed by atoms with Crippen molar-refractivity contribution in [1.29, 1.82) is 0 Å². The lowest BCUT2D eigenvalue weighted by Gasteiger charge is -2.31. The number of rotatable bonds is 6. The van der Waals surface area contributed by atoms with E-state index in [1.54, 1.807) is 0 Å². The molecule has 1 aromatic carbocycles. The Morgan fingerprint density at radius 2 is 1.79 bits per heavy atom. The summed E-state index contributed by atoms with van der Waals surface area (Å²) in [5, 5.41) is 11.4. The molecule has 1 saturated carbocycles. The number of benzene rings is 1. The largest absolute Gasteiger partial charge is 0.362 e. The van der Waals surface area contributed by atoms with E-state index in [1.807, 2.05) is 0 Å². The molecule has 0 saturated heterocycles. The van der Waals surface area contributed by atoms with Crippen LogP contribution in [0.3, 0.4) is 0 Å². The maximum atomic E-state index is 5.65. The number of anilines is 3. The molecular formula is C26H38N6S. The number of para-hydroxylation sites is 1. The van der Waals surface area contributed by atoms with Crippen LogP contribution in [0.1, 0.15) is 67.8 Å². The fourth-order valence-corrected chi connectivity index (χ4v) is 5.38. The lowest BCUT2D eigenvalue weighted by Crippen LogP contribution is -2.42. The maximum absolute atomic E-state index is 5.65. The molecule has 0 atom stereocenters. The highest BCUT2D eigenvalue weighted by Gasteiger charge is 2.24. The Kier molecular flexibility index (Phi) is 7.68. The molecule has 3 N–H and O–H groups in total. The van der Waals surface area contributed by atoms with Gasteiger partial charge in [0.15, 0.2) is 5.11 Å². The molecule has 178 valence electrons. The zero-order valence-electron chi connectivity index (χ0n) is 20.5. The van der Waals surface area contributed by atoms with Gasteiger partial charge in [0, 0.05) is 37.4 Å². The highest BCUT2D eigenvalue weighted by molar-refractivity contribution is 7.80. The standard InChI is InChI=1S/C26H38N6S/c1-5-18-10-8-9-17(2)23(18)30-26(33)28-20-15-13-19(14-16-20)27-25-29-22-12-7-6-11-21(22)24(31-25)32(3)4/h8-10,19-20H,5-7,11-16H2,1-4H3,(H,27,29,31)(H2,28,30,33)/t19-,20+. The first-order valence-electron chi connectivity index (χ1n) is 12.4. The fourth-order valence-electron chi connectivity index (χ4n) is 5.11. The first-order chi connectivity index (χ1) is 15.9. The number of aryl methyl sites for hydroxylation is 3. The van der Waals surface area contributed by atoms with Crippen LogP contribution in [0.15, 0.2) is 18.2 Å². The highest BCUT2D eigenvalue weighted by Crippen LogP contribution is 2.29. The number of fused-ring (bicyclic) bond motifs is 1. The SMILES string of the molecule is CCc1cccc(C)c1NC(=S)N[C@H]1CC[C@@H](Nc2nc3c(c(N(C)C)n2)CCCC3)CC1. The van der Waals surface area contributed by atoms with E-state index in [4.69, 9.17) is 22.2 Å². The van der Waals surface area contributed by atoms with Gasteiger partial charge in [-0.2, -0.15) is 4.98 Å². The van der Waals surface area contributed by atoms with Crippen LogP contribution in [0.2, 0.25) is 0 Å². The van der Waals surface area contributed by atoms with Gasteiger partial charge in [0.1, 0.15) is 5.82 Å². The van der Waals surface area contributed by atoms with Crippen LogP contribution in [-0.4, -0.2) is 41.3 Å². The van der Waals surface area contributed by atoms with Gasteiger partial charge in [-0.1, -0.05) is 25.1 Å². The normalized spacial score (nSPS) is 20.0. The minimum atomic E-state index is 0.402. The number of hydrogen-bond donors (Lipinski definition) is 3. The Balaban J connectivity index is 1.32. The summed E-state index contributed by atoms with van der Waals surface area (Å²) in [6, 6.07) is 7.21. The third kappa shape index (κ3) is 5.75. The molecule has 1 heterocycles. The first kappa shape index (κ1) is 23.7. The minimum Gasteiger partial charge on any atom is -0.362 e. The summed E-state index contributed by atoms with van der Waals surface area (Å²) in [6.07, 6.45) is 9.95. The number of aromatic nitrogens is 2. The molecule has 33 heavy (non-hydrogen) atoms. The summed E-state index contributed by atoms with van der Waals surface area (Å²) >= 11 is 5.65. The van der Waals surface area contributed by atoms with Gasteiger partial charge in [-0.15, -0.1) is 0 Å². The molecular weight excluding hydrogens is 428 g/mol. The Labute approximate surface area is 204 Å². The Morgan fingerprint density at radius 1 is 1.06 bits per heavy atom. The van der Waals surface area contributed by atoms with Crippen molar-refractivity contribution < 1.29 is 0 Å². The quantitative estimate of drug-likeness (QED) is 0.518. The second kappa shape index (κ2) is 10.7. The molecule has 6 nitrogen and oxygen atoms in total. The molecule has 4 rings (SSSR count). The minimum absolute atomic E-state index is 0.402. The average Bonchev–Trinajstić information content (AvgIpc) is 2.81. The van der Waals surface area contributed by atoms with Gasteiger partial charge in [0.05, 0.1) is 5.69 Å². The Bertz CT molecular complexity index is 981. The highest BCUT2D eigenvalue weighted by atomic mass is 32.1. The van der Waals surface area contributed by atoms with Gasteiger partial charge >= 0.3 is 0 Å². The van der Waals surface area contributed by atoms with Crippen molar-refractivity contribution in [2.45, 2.75) is 83.7 Å². The number of hydrogen-bond acceptors (Lipinski definition) is 5. The summed E-state index contributed by atoms with van der Waals surface area (Å²) in [5.74, 6) is 1.87. The maximum Gasteiger partial charge on any atom is 0.225 e. The molecule has 0 radical (unpaired) electrons. The van der Waals surface area contributed by atoms with Crippen molar-refractivity contribution in [1.82, 2.24) is 15.3 Å². The molecule has 0 amide bonds.